The molecule has 2 fully saturated rings. The summed E-state index contributed by atoms with van der Waals surface area (Å²) in [5.41, 5.74) is 1.31. The first kappa shape index (κ1) is 19.8. The summed E-state index contributed by atoms with van der Waals surface area (Å²) in [6.45, 7) is 9.57. The van der Waals surface area contributed by atoms with Gasteiger partial charge in [-0.1, -0.05) is 11.6 Å². The predicted octanol–water partition coefficient (Wildman–Crippen LogP) is 4.46. The predicted molar refractivity (Wildman–Crippen MR) is 97.3 cm³/mol. The molecule has 2 rings (SSSR count). The number of esters is 1. The van der Waals surface area contributed by atoms with E-state index in [0.29, 0.717) is 18.4 Å². The summed E-state index contributed by atoms with van der Waals surface area (Å²) in [6.07, 6.45) is 8.80. The molecule has 142 valence electrons. The van der Waals surface area contributed by atoms with Crippen LogP contribution >= 0.6 is 0 Å². The lowest BCUT2D eigenvalue weighted by Crippen LogP contribution is -2.45. The number of hydrogen-bond donors (Lipinski definition) is 0. The van der Waals surface area contributed by atoms with Gasteiger partial charge in [-0.25, -0.2) is 4.79 Å². The fourth-order valence-electron chi connectivity index (χ4n) is 3.74. The summed E-state index contributed by atoms with van der Waals surface area (Å²) in [5.74, 6) is -0.138. The molecule has 25 heavy (non-hydrogen) atoms. The minimum atomic E-state index is -0.435. The number of carbonyl (C=O) groups is 2. The lowest BCUT2D eigenvalue weighted by molar-refractivity contribution is -0.142. The van der Waals surface area contributed by atoms with Crippen LogP contribution < -0.4 is 0 Å². The highest BCUT2D eigenvalue weighted by atomic mass is 16.6. The molecule has 0 N–H and O–H groups in total. The first-order valence-electron chi connectivity index (χ1n) is 9.54. The molecule has 0 aromatic heterocycles. The Morgan fingerprint density at radius 1 is 1.12 bits per heavy atom. The fourth-order valence-corrected chi connectivity index (χ4v) is 3.74. The van der Waals surface area contributed by atoms with E-state index in [1.165, 1.54) is 5.57 Å². The van der Waals surface area contributed by atoms with Crippen molar-refractivity contribution in [2.24, 2.45) is 5.41 Å². The van der Waals surface area contributed by atoms with Crippen LogP contribution in [-0.2, 0) is 14.3 Å². The number of rotatable bonds is 3. The number of amides is 1. The van der Waals surface area contributed by atoms with E-state index in [9.17, 15) is 9.59 Å². The van der Waals surface area contributed by atoms with Crippen LogP contribution in [0.2, 0.25) is 0 Å². The molecule has 0 unspecified atom stereocenters. The Hall–Kier alpha value is -1.52. The molecule has 0 bridgehead atoms. The third-order valence-electron chi connectivity index (χ3n) is 5.29. The second kappa shape index (κ2) is 8.24. The molecule has 0 aromatic carbocycles. The SMILES string of the molecule is CCOC(=O)CC=C1CCC2(CC1)CCN(C(=O)OC(C)(C)C)CC2. The molecule has 1 heterocycles. The van der Waals surface area contributed by atoms with Crippen LogP contribution in [0.3, 0.4) is 0 Å². The average molecular weight is 351 g/mol. The second-order valence-corrected chi connectivity index (χ2v) is 8.34. The minimum absolute atomic E-state index is 0.138. The Labute approximate surface area is 151 Å². The van der Waals surface area contributed by atoms with Crippen molar-refractivity contribution in [3.63, 3.8) is 0 Å². The summed E-state index contributed by atoms with van der Waals surface area (Å²) in [5, 5.41) is 0. The monoisotopic (exact) mass is 351 g/mol. The van der Waals surface area contributed by atoms with E-state index in [0.717, 1.165) is 51.6 Å². The lowest BCUT2D eigenvalue weighted by atomic mass is 9.67. The molecule has 1 spiro atoms. The number of ether oxygens (including phenoxy) is 2. The van der Waals surface area contributed by atoms with Crippen molar-refractivity contribution in [1.29, 1.82) is 0 Å². The number of piperidine rings is 1. The zero-order chi connectivity index (χ0) is 18.5. The molecular formula is C20H33NO4. The van der Waals surface area contributed by atoms with Crippen molar-refractivity contribution >= 4 is 12.1 Å². The van der Waals surface area contributed by atoms with Gasteiger partial charge < -0.3 is 14.4 Å². The van der Waals surface area contributed by atoms with E-state index in [4.69, 9.17) is 9.47 Å². The largest absolute Gasteiger partial charge is 0.466 e. The van der Waals surface area contributed by atoms with Crippen molar-refractivity contribution in [2.45, 2.75) is 78.2 Å². The van der Waals surface area contributed by atoms with Gasteiger partial charge in [0.25, 0.3) is 0 Å². The van der Waals surface area contributed by atoms with Gasteiger partial charge in [-0.3, -0.25) is 4.79 Å². The number of likely N-dealkylation sites (tertiary alicyclic amines) is 1. The first-order valence-corrected chi connectivity index (χ1v) is 9.54. The quantitative estimate of drug-likeness (QED) is 0.556. The van der Waals surface area contributed by atoms with Crippen molar-refractivity contribution in [2.75, 3.05) is 19.7 Å². The van der Waals surface area contributed by atoms with E-state index >= 15 is 0 Å². The Morgan fingerprint density at radius 2 is 1.72 bits per heavy atom. The smallest absolute Gasteiger partial charge is 0.410 e. The number of hydrogen-bond acceptors (Lipinski definition) is 4. The summed E-state index contributed by atoms with van der Waals surface area (Å²) in [7, 11) is 0. The minimum Gasteiger partial charge on any atom is -0.466 e. The normalized spacial score (nSPS) is 20.3. The van der Waals surface area contributed by atoms with E-state index in [2.05, 4.69) is 6.08 Å². The molecule has 1 saturated heterocycles. The van der Waals surface area contributed by atoms with Crippen LogP contribution in [0.15, 0.2) is 11.6 Å². The summed E-state index contributed by atoms with van der Waals surface area (Å²) in [4.78, 5) is 25.5. The van der Waals surface area contributed by atoms with E-state index in [1.807, 2.05) is 32.6 Å². The van der Waals surface area contributed by atoms with Crippen LogP contribution in [0.25, 0.3) is 0 Å². The Bertz CT molecular complexity index is 498. The number of nitrogens with zero attached hydrogens (tertiary/aromatic N) is 1. The van der Waals surface area contributed by atoms with Gasteiger partial charge in [-0.15, -0.1) is 0 Å². The molecule has 5 heteroatoms. The van der Waals surface area contributed by atoms with Gasteiger partial charge in [0.15, 0.2) is 0 Å². The van der Waals surface area contributed by atoms with Gasteiger partial charge in [0.1, 0.15) is 5.60 Å². The zero-order valence-electron chi connectivity index (χ0n) is 16.2. The standard InChI is InChI=1S/C20H33NO4/c1-5-24-17(22)7-6-16-8-10-20(11-9-16)12-14-21(15-13-20)18(23)25-19(2,3)4/h6H,5,7-15H2,1-4H3. The van der Waals surface area contributed by atoms with Crippen molar-refractivity contribution in [1.82, 2.24) is 4.90 Å². The van der Waals surface area contributed by atoms with Gasteiger partial charge in [0.05, 0.1) is 13.0 Å². The van der Waals surface area contributed by atoms with Gasteiger partial charge in [0, 0.05) is 13.1 Å². The molecule has 2 aliphatic rings. The Kier molecular flexibility index (Phi) is 6.53. The van der Waals surface area contributed by atoms with Gasteiger partial charge in [0.2, 0.25) is 0 Å². The molecule has 0 radical (unpaired) electrons. The summed E-state index contributed by atoms with van der Waals surface area (Å²) >= 11 is 0. The van der Waals surface area contributed by atoms with Crippen LogP contribution in [0.5, 0.6) is 0 Å². The summed E-state index contributed by atoms with van der Waals surface area (Å²) in [6, 6.07) is 0. The zero-order valence-corrected chi connectivity index (χ0v) is 16.2. The highest BCUT2D eigenvalue weighted by Gasteiger charge is 2.38. The molecule has 0 aromatic rings. The maximum Gasteiger partial charge on any atom is 0.410 e. The van der Waals surface area contributed by atoms with Gasteiger partial charge in [-0.2, -0.15) is 0 Å². The Morgan fingerprint density at radius 3 is 2.24 bits per heavy atom. The van der Waals surface area contributed by atoms with Gasteiger partial charge >= 0.3 is 12.1 Å². The van der Waals surface area contributed by atoms with Crippen molar-refractivity contribution < 1.29 is 19.1 Å². The van der Waals surface area contributed by atoms with E-state index in [1.54, 1.807) is 0 Å². The van der Waals surface area contributed by atoms with Crippen LogP contribution in [0.1, 0.15) is 72.6 Å². The summed E-state index contributed by atoms with van der Waals surface area (Å²) < 4.78 is 10.5. The second-order valence-electron chi connectivity index (χ2n) is 8.34. The fraction of sp³-hybridized carbons (Fsp3) is 0.800. The van der Waals surface area contributed by atoms with Gasteiger partial charge in [-0.05, 0) is 71.6 Å². The van der Waals surface area contributed by atoms with Crippen molar-refractivity contribution in [3.8, 4) is 0 Å². The third-order valence-corrected chi connectivity index (χ3v) is 5.29. The first-order chi connectivity index (χ1) is 11.7. The maximum absolute atomic E-state index is 12.2. The Balaban J connectivity index is 1.78. The van der Waals surface area contributed by atoms with Crippen LogP contribution in [0, 0.1) is 5.41 Å². The van der Waals surface area contributed by atoms with E-state index in [-0.39, 0.29) is 12.1 Å². The van der Waals surface area contributed by atoms with Crippen molar-refractivity contribution in [3.05, 3.63) is 11.6 Å². The molecule has 1 amide bonds. The van der Waals surface area contributed by atoms with E-state index < -0.39 is 5.60 Å². The highest BCUT2D eigenvalue weighted by molar-refractivity contribution is 5.71. The third kappa shape index (κ3) is 6.05. The molecule has 1 saturated carbocycles. The molecular weight excluding hydrogens is 318 g/mol. The molecule has 0 atom stereocenters. The number of allylic oxidation sites excluding steroid dienone is 1. The molecule has 1 aliphatic carbocycles. The van der Waals surface area contributed by atoms with Crippen LogP contribution in [-0.4, -0.2) is 42.3 Å². The van der Waals surface area contributed by atoms with Crippen LogP contribution in [0.4, 0.5) is 4.79 Å². The average Bonchev–Trinajstić information content (AvgIpc) is 2.54. The maximum atomic E-state index is 12.2. The molecule has 1 aliphatic heterocycles. The lowest BCUT2D eigenvalue weighted by Gasteiger charge is -2.44. The number of carbonyl (C=O) groups excluding carboxylic acids is 2. The highest BCUT2D eigenvalue weighted by Crippen LogP contribution is 2.46. The molecule has 5 nitrogen and oxygen atoms in total. The topological polar surface area (TPSA) is 55.8 Å².